The number of nitrogens with two attached hydrogens (primary N) is 1. The van der Waals surface area contributed by atoms with Crippen molar-refractivity contribution >= 4 is 11.9 Å². The summed E-state index contributed by atoms with van der Waals surface area (Å²) in [5.74, 6) is -0.841. The van der Waals surface area contributed by atoms with Gasteiger partial charge in [-0.15, -0.1) is 0 Å². The molecule has 0 fully saturated rings. The maximum atomic E-state index is 11.4. The summed E-state index contributed by atoms with van der Waals surface area (Å²) in [6, 6.07) is -0.824. The molecule has 16 heavy (non-hydrogen) atoms. The van der Waals surface area contributed by atoms with Crippen LogP contribution in [0.3, 0.4) is 0 Å². The van der Waals surface area contributed by atoms with Gasteiger partial charge in [0, 0.05) is 13.5 Å². The smallest absolute Gasteiger partial charge is 0.332 e. The van der Waals surface area contributed by atoms with E-state index in [9.17, 15) is 9.59 Å². The van der Waals surface area contributed by atoms with Crippen molar-refractivity contribution in [1.82, 2.24) is 5.32 Å². The molecule has 0 saturated carbocycles. The van der Waals surface area contributed by atoms with Crippen LogP contribution >= 0.6 is 0 Å². The van der Waals surface area contributed by atoms with Crippen LogP contribution in [-0.4, -0.2) is 37.7 Å². The summed E-state index contributed by atoms with van der Waals surface area (Å²) >= 11 is 0. The molecule has 0 aliphatic rings. The average molecular weight is 230 g/mol. The van der Waals surface area contributed by atoms with E-state index in [-0.39, 0.29) is 12.5 Å². The van der Waals surface area contributed by atoms with Gasteiger partial charge in [0.15, 0.2) is 0 Å². The normalized spacial score (nSPS) is 12.2. The summed E-state index contributed by atoms with van der Waals surface area (Å²) in [4.78, 5) is 22.2. The molecular formula is C10H18N2O4. The first kappa shape index (κ1) is 14.4. The molecule has 0 aliphatic carbocycles. The number of hydrogen-bond donors (Lipinski definition) is 2. The van der Waals surface area contributed by atoms with E-state index in [2.05, 4.69) is 5.32 Å². The molecular weight excluding hydrogens is 212 g/mol. The minimum Gasteiger partial charge on any atom is -0.500 e. The van der Waals surface area contributed by atoms with Crippen molar-refractivity contribution in [3.8, 4) is 0 Å². The van der Waals surface area contributed by atoms with E-state index in [4.69, 9.17) is 15.2 Å². The third-order valence-corrected chi connectivity index (χ3v) is 1.50. The monoisotopic (exact) mass is 230 g/mol. The molecule has 92 valence electrons. The predicted molar refractivity (Wildman–Crippen MR) is 58.4 cm³/mol. The van der Waals surface area contributed by atoms with Crippen LogP contribution in [0, 0.1) is 0 Å². The first-order valence-electron chi connectivity index (χ1n) is 5.03. The SMILES string of the molecule is CCOC(=O)C(/C=C/OCCN)NC(C)=O. The van der Waals surface area contributed by atoms with Gasteiger partial charge in [-0.25, -0.2) is 4.79 Å². The molecule has 1 amide bonds. The van der Waals surface area contributed by atoms with Crippen LogP contribution in [0.4, 0.5) is 0 Å². The first-order chi connectivity index (χ1) is 7.61. The molecule has 0 aromatic carbocycles. The van der Waals surface area contributed by atoms with Gasteiger partial charge < -0.3 is 20.5 Å². The summed E-state index contributed by atoms with van der Waals surface area (Å²) in [6.07, 6.45) is 2.74. The van der Waals surface area contributed by atoms with Gasteiger partial charge in [0.25, 0.3) is 0 Å². The van der Waals surface area contributed by atoms with Crippen molar-refractivity contribution in [3.63, 3.8) is 0 Å². The summed E-state index contributed by atoms with van der Waals surface area (Å²) < 4.78 is 9.74. The van der Waals surface area contributed by atoms with Crippen LogP contribution in [0.1, 0.15) is 13.8 Å². The van der Waals surface area contributed by atoms with Gasteiger partial charge in [-0.3, -0.25) is 4.79 Å². The molecule has 0 bridgehead atoms. The average Bonchev–Trinajstić information content (AvgIpc) is 2.22. The highest BCUT2D eigenvalue weighted by molar-refractivity contribution is 5.84. The minimum absolute atomic E-state index is 0.256. The van der Waals surface area contributed by atoms with E-state index in [1.54, 1.807) is 6.92 Å². The Labute approximate surface area is 94.8 Å². The fraction of sp³-hybridized carbons (Fsp3) is 0.600. The lowest BCUT2D eigenvalue weighted by atomic mass is 10.3. The third kappa shape index (κ3) is 6.83. The molecule has 1 atom stereocenters. The summed E-state index contributed by atoms with van der Waals surface area (Å²) in [6.45, 7) is 4.01. The highest BCUT2D eigenvalue weighted by atomic mass is 16.5. The zero-order chi connectivity index (χ0) is 12.4. The number of ether oxygens (including phenoxy) is 2. The zero-order valence-electron chi connectivity index (χ0n) is 9.56. The summed E-state index contributed by atoms with van der Waals surface area (Å²) in [5.41, 5.74) is 5.21. The molecule has 3 N–H and O–H groups in total. The number of hydrogen-bond acceptors (Lipinski definition) is 5. The maximum absolute atomic E-state index is 11.4. The Kier molecular flexibility index (Phi) is 7.87. The van der Waals surface area contributed by atoms with Crippen molar-refractivity contribution in [3.05, 3.63) is 12.3 Å². The van der Waals surface area contributed by atoms with Crippen LogP contribution < -0.4 is 11.1 Å². The van der Waals surface area contributed by atoms with Gasteiger partial charge in [0.2, 0.25) is 5.91 Å². The maximum Gasteiger partial charge on any atom is 0.332 e. The topological polar surface area (TPSA) is 90.7 Å². The Hall–Kier alpha value is -1.56. The predicted octanol–water partition coefficient (Wildman–Crippen LogP) is -0.457. The van der Waals surface area contributed by atoms with E-state index < -0.39 is 12.0 Å². The van der Waals surface area contributed by atoms with Crippen LogP contribution in [0.2, 0.25) is 0 Å². The number of carbonyl (C=O) groups is 2. The lowest BCUT2D eigenvalue weighted by molar-refractivity contribution is -0.145. The Morgan fingerprint density at radius 2 is 2.19 bits per heavy atom. The zero-order valence-corrected chi connectivity index (χ0v) is 9.56. The highest BCUT2D eigenvalue weighted by Gasteiger charge is 2.17. The summed E-state index contributed by atoms with van der Waals surface area (Å²) in [5, 5.41) is 2.43. The van der Waals surface area contributed by atoms with Gasteiger partial charge >= 0.3 is 5.97 Å². The van der Waals surface area contributed by atoms with Gasteiger partial charge in [-0.1, -0.05) is 0 Å². The van der Waals surface area contributed by atoms with Crippen LogP contribution in [0.5, 0.6) is 0 Å². The molecule has 0 aromatic heterocycles. The van der Waals surface area contributed by atoms with E-state index in [1.807, 2.05) is 0 Å². The van der Waals surface area contributed by atoms with Gasteiger partial charge in [-0.05, 0) is 13.0 Å². The second-order valence-corrected chi connectivity index (χ2v) is 2.92. The third-order valence-electron chi connectivity index (χ3n) is 1.50. The van der Waals surface area contributed by atoms with E-state index >= 15 is 0 Å². The molecule has 0 aromatic rings. The fourth-order valence-corrected chi connectivity index (χ4v) is 0.907. The van der Waals surface area contributed by atoms with E-state index in [0.717, 1.165) is 0 Å². The van der Waals surface area contributed by atoms with Crippen molar-refractivity contribution in [2.75, 3.05) is 19.8 Å². The summed E-state index contributed by atoms with van der Waals surface area (Å²) in [7, 11) is 0. The lowest BCUT2D eigenvalue weighted by Gasteiger charge is -2.12. The number of esters is 1. The second kappa shape index (κ2) is 8.72. The quantitative estimate of drug-likeness (QED) is 0.351. The lowest BCUT2D eigenvalue weighted by Crippen LogP contribution is -2.39. The van der Waals surface area contributed by atoms with E-state index in [0.29, 0.717) is 13.2 Å². The highest BCUT2D eigenvalue weighted by Crippen LogP contribution is 1.93. The Bertz CT molecular complexity index is 253. The molecule has 6 nitrogen and oxygen atoms in total. The number of nitrogens with one attached hydrogen (secondary N) is 1. The molecule has 6 heteroatoms. The molecule has 1 unspecified atom stereocenters. The number of carbonyl (C=O) groups excluding carboxylic acids is 2. The van der Waals surface area contributed by atoms with Crippen LogP contribution in [-0.2, 0) is 19.1 Å². The fourth-order valence-electron chi connectivity index (χ4n) is 0.907. The molecule has 0 saturated heterocycles. The first-order valence-corrected chi connectivity index (χ1v) is 5.03. The van der Waals surface area contributed by atoms with Crippen molar-refractivity contribution in [1.29, 1.82) is 0 Å². The molecule has 0 aliphatic heterocycles. The number of amides is 1. The largest absolute Gasteiger partial charge is 0.500 e. The van der Waals surface area contributed by atoms with E-state index in [1.165, 1.54) is 19.3 Å². The van der Waals surface area contributed by atoms with Gasteiger partial charge in [0.05, 0.1) is 19.5 Å². The van der Waals surface area contributed by atoms with Crippen molar-refractivity contribution < 1.29 is 19.1 Å². The Morgan fingerprint density at radius 1 is 1.50 bits per heavy atom. The Balaban J connectivity index is 4.24. The minimum atomic E-state index is -0.824. The molecule has 0 heterocycles. The van der Waals surface area contributed by atoms with Crippen molar-refractivity contribution in [2.45, 2.75) is 19.9 Å². The van der Waals surface area contributed by atoms with Crippen LogP contribution in [0.25, 0.3) is 0 Å². The molecule has 0 rings (SSSR count). The van der Waals surface area contributed by atoms with Gasteiger partial charge in [0.1, 0.15) is 6.04 Å². The Morgan fingerprint density at radius 3 is 2.69 bits per heavy atom. The standard InChI is InChI=1S/C10H18N2O4/c1-3-16-10(14)9(12-8(2)13)4-6-15-7-5-11/h4,6,9H,3,5,7,11H2,1-2H3,(H,12,13)/b6-4+. The van der Waals surface area contributed by atoms with Gasteiger partial charge in [-0.2, -0.15) is 0 Å². The second-order valence-electron chi connectivity index (χ2n) is 2.92. The molecule has 0 spiro atoms. The molecule has 0 radical (unpaired) electrons. The van der Waals surface area contributed by atoms with Crippen LogP contribution in [0.15, 0.2) is 12.3 Å². The van der Waals surface area contributed by atoms with Crippen molar-refractivity contribution in [2.24, 2.45) is 5.73 Å². The number of rotatable bonds is 7.